The van der Waals surface area contributed by atoms with Gasteiger partial charge >= 0.3 is 0 Å². The Bertz CT molecular complexity index is 1180. The Balaban J connectivity index is 1.65. The van der Waals surface area contributed by atoms with Gasteiger partial charge < -0.3 is 4.42 Å². The normalized spacial score (nSPS) is 15.1. The van der Waals surface area contributed by atoms with Crippen LogP contribution < -0.4 is 10.4 Å². The number of furan rings is 1. The first-order valence-corrected chi connectivity index (χ1v) is 8.40. The number of para-hydroxylation sites is 1. The van der Waals surface area contributed by atoms with E-state index in [0.717, 1.165) is 11.1 Å². The second-order valence-electron chi connectivity index (χ2n) is 6.10. The number of nitro groups is 1. The molecule has 1 aliphatic heterocycles. The average molecular weight is 393 g/mol. The number of hydrogen-bond donors (Lipinski definition) is 1. The summed E-state index contributed by atoms with van der Waals surface area (Å²) in [7, 11) is 0. The summed E-state index contributed by atoms with van der Waals surface area (Å²) in [5.74, 6) is -1.52. The second-order valence-corrected chi connectivity index (χ2v) is 6.10. The van der Waals surface area contributed by atoms with Crippen LogP contribution in [0.3, 0.4) is 0 Å². The van der Waals surface area contributed by atoms with Crippen molar-refractivity contribution in [3.8, 4) is 11.3 Å². The van der Waals surface area contributed by atoms with Gasteiger partial charge in [0.15, 0.2) is 0 Å². The summed E-state index contributed by atoms with van der Waals surface area (Å²) in [5, 5.41) is 12.1. The fourth-order valence-corrected chi connectivity index (χ4v) is 2.91. The monoisotopic (exact) mass is 393 g/mol. The summed E-state index contributed by atoms with van der Waals surface area (Å²) in [6.07, 6.45) is 1.23. The number of anilines is 1. The number of amides is 2. The molecule has 2 amide bonds. The van der Waals surface area contributed by atoms with E-state index in [-0.39, 0.29) is 34.0 Å². The number of benzene rings is 2. The van der Waals surface area contributed by atoms with Crippen molar-refractivity contribution in [2.75, 3.05) is 5.01 Å². The van der Waals surface area contributed by atoms with Gasteiger partial charge in [0.05, 0.1) is 16.2 Å². The van der Waals surface area contributed by atoms with Crippen molar-refractivity contribution in [2.45, 2.75) is 0 Å². The number of carbonyl (C=O) groups is 2. The predicted molar refractivity (Wildman–Crippen MR) is 101 cm³/mol. The van der Waals surface area contributed by atoms with Crippen LogP contribution in [0, 0.1) is 15.9 Å². The molecule has 4 rings (SSSR count). The van der Waals surface area contributed by atoms with E-state index in [9.17, 15) is 24.1 Å². The summed E-state index contributed by atoms with van der Waals surface area (Å²) in [6.45, 7) is 0. The summed E-state index contributed by atoms with van der Waals surface area (Å²) in [6, 6.07) is 14.3. The molecule has 0 spiro atoms. The van der Waals surface area contributed by atoms with Gasteiger partial charge in [0.1, 0.15) is 22.9 Å². The van der Waals surface area contributed by atoms with Crippen molar-refractivity contribution < 1.29 is 23.3 Å². The molecule has 2 heterocycles. The molecular formula is C20H12FN3O5. The van der Waals surface area contributed by atoms with Crippen LogP contribution in [-0.2, 0) is 9.59 Å². The van der Waals surface area contributed by atoms with E-state index in [2.05, 4.69) is 5.43 Å². The number of carbonyl (C=O) groups excluding carboxylic acids is 2. The molecule has 3 aromatic rings. The lowest BCUT2D eigenvalue weighted by molar-refractivity contribution is -0.384. The Morgan fingerprint density at radius 2 is 1.86 bits per heavy atom. The number of nitrogens with zero attached hydrogens (tertiary/aromatic N) is 2. The maximum Gasteiger partial charge on any atom is 0.282 e. The van der Waals surface area contributed by atoms with Crippen molar-refractivity contribution in [1.82, 2.24) is 5.43 Å². The first-order valence-electron chi connectivity index (χ1n) is 8.40. The predicted octanol–water partition coefficient (Wildman–Crippen LogP) is 3.46. The summed E-state index contributed by atoms with van der Waals surface area (Å²) in [5.41, 5.74) is 2.46. The molecule has 1 N–H and O–H groups in total. The lowest BCUT2D eigenvalue weighted by atomic mass is 10.1. The fraction of sp³-hybridized carbons (Fsp3) is 0. The van der Waals surface area contributed by atoms with Gasteiger partial charge in [-0.1, -0.05) is 18.2 Å². The summed E-state index contributed by atoms with van der Waals surface area (Å²) in [4.78, 5) is 35.4. The molecular weight excluding hydrogens is 381 g/mol. The molecule has 0 bridgehead atoms. The molecule has 144 valence electrons. The number of rotatable bonds is 4. The Kier molecular flexibility index (Phi) is 4.40. The van der Waals surface area contributed by atoms with Crippen molar-refractivity contribution in [3.63, 3.8) is 0 Å². The highest BCUT2D eigenvalue weighted by Gasteiger charge is 2.35. The van der Waals surface area contributed by atoms with Crippen LogP contribution in [0.25, 0.3) is 17.4 Å². The van der Waals surface area contributed by atoms with Crippen molar-refractivity contribution in [1.29, 1.82) is 0 Å². The summed E-state index contributed by atoms with van der Waals surface area (Å²) < 4.78 is 19.0. The lowest BCUT2D eigenvalue weighted by Gasteiger charge is -2.14. The first-order chi connectivity index (χ1) is 13.9. The maximum atomic E-state index is 13.4. The largest absolute Gasteiger partial charge is 0.456 e. The zero-order chi connectivity index (χ0) is 20.5. The third-order valence-corrected chi connectivity index (χ3v) is 4.24. The van der Waals surface area contributed by atoms with Gasteiger partial charge in [0.2, 0.25) is 0 Å². The van der Waals surface area contributed by atoms with Crippen LogP contribution >= 0.6 is 0 Å². The van der Waals surface area contributed by atoms with E-state index in [1.807, 2.05) is 0 Å². The number of nitrogens with one attached hydrogen (secondary N) is 1. The van der Waals surface area contributed by atoms with Crippen LogP contribution in [0.2, 0.25) is 0 Å². The molecule has 8 nitrogen and oxygen atoms in total. The van der Waals surface area contributed by atoms with Gasteiger partial charge in [-0.2, -0.15) is 0 Å². The topological polar surface area (TPSA) is 106 Å². The van der Waals surface area contributed by atoms with Crippen LogP contribution in [-0.4, -0.2) is 16.7 Å². The Hall–Kier alpha value is -4.27. The third kappa shape index (κ3) is 3.36. The highest BCUT2D eigenvalue weighted by atomic mass is 19.1. The molecule has 0 atom stereocenters. The number of hydrogen-bond acceptors (Lipinski definition) is 5. The van der Waals surface area contributed by atoms with Gasteiger partial charge in [0.25, 0.3) is 17.5 Å². The van der Waals surface area contributed by atoms with Crippen LogP contribution in [0.15, 0.2) is 70.7 Å². The van der Waals surface area contributed by atoms with Crippen molar-refractivity contribution in [2.24, 2.45) is 0 Å². The minimum absolute atomic E-state index is 0.131. The molecule has 1 aromatic heterocycles. The summed E-state index contributed by atoms with van der Waals surface area (Å²) >= 11 is 0. The number of hydrazine groups is 1. The van der Waals surface area contributed by atoms with E-state index >= 15 is 0 Å². The molecule has 1 fully saturated rings. The second kappa shape index (κ2) is 7.04. The third-order valence-electron chi connectivity index (χ3n) is 4.24. The highest BCUT2D eigenvalue weighted by Crippen LogP contribution is 2.31. The van der Waals surface area contributed by atoms with E-state index in [1.165, 1.54) is 54.6 Å². The minimum Gasteiger partial charge on any atom is -0.456 e. The molecule has 29 heavy (non-hydrogen) atoms. The maximum absolute atomic E-state index is 13.4. The standard InChI is InChI=1S/C20H12FN3O5/c21-12-4-3-5-13(10-12)23-20(26)16(19(25)22-23)11-14-8-9-18(29-14)15-6-1-2-7-17(15)24(27)28/h1-11H,(H,22,25). The minimum atomic E-state index is -0.678. The Morgan fingerprint density at radius 3 is 2.62 bits per heavy atom. The molecule has 1 aliphatic rings. The van der Waals surface area contributed by atoms with Crippen LogP contribution in [0.1, 0.15) is 5.76 Å². The Morgan fingerprint density at radius 1 is 1.07 bits per heavy atom. The quantitative estimate of drug-likeness (QED) is 0.316. The highest BCUT2D eigenvalue weighted by molar-refractivity contribution is 6.31. The molecule has 2 aromatic carbocycles. The van der Waals surface area contributed by atoms with E-state index in [1.54, 1.807) is 6.07 Å². The zero-order valence-corrected chi connectivity index (χ0v) is 14.7. The SMILES string of the molecule is O=C1NN(c2cccc(F)c2)C(=O)C1=Cc1ccc(-c2ccccc2[N+](=O)[O-])o1. The molecule has 0 unspecified atom stereocenters. The van der Waals surface area contributed by atoms with Crippen LogP contribution in [0.4, 0.5) is 15.8 Å². The molecule has 9 heteroatoms. The number of halogens is 1. The zero-order valence-electron chi connectivity index (χ0n) is 14.7. The van der Waals surface area contributed by atoms with Gasteiger partial charge in [-0.3, -0.25) is 25.1 Å². The lowest BCUT2D eigenvalue weighted by Crippen LogP contribution is -2.35. The molecule has 0 aliphatic carbocycles. The number of nitro benzene ring substituents is 1. The fourth-order valence-electron chi connectivity index (χ4n) is 2.91. The smallest absolute Gasteiger partial charge is 0.282 e. The van der Waals surface area contributed by atoms with Gasteiger partial charge in [-0.25, -0.2) is 9.40 Å². The first kappa shape index (κ1) is 18.1. The van der Waals surface area contributed by atoms with Crippen molar-refractivity contribution >= 4 is 29.3 Å². The van der Waals surface area contributed by atoms with Gasteiger partial charge in [-0.15, -0.1) is 0 Å². The van der Waals surface area contributed by atoms with E-state index < -0.39 is 22.6 Å². The van der Waals surface area contributed by atoms with E-state index in [4.69, 9.17) is 4.42 Å². The van der Waals surface area contributed by atoms with Gasteiger partial charge in [-0.05, 0) is 42.5 Å². The molecule has 1 saturated heterocycles. The van der Waals surface area contributed by atoms with E-state index in [0.29, 0.717) is 0 Å². The van der Waals surface area contributed by atoms with Crippen LogP contribution in [0.5, 0.6) is 0 Å². The van der Waals surface area contributed by atoms with Gasteiger partial charge in [0, 0.05) is 6.07 Å². The average Bonchev–Trinajstić information content (AvgIpc) is 3.28. The van der Waals surface area contributed by atoms with Crippen molar-refractivity contribution in [3.05, 3.63) is 87.9 Å². The molecule has 0 saturated carbocycles. The Labute approximate surface area is 163 Å². The molecule has 0 radical (unpaired) electrons.